The Kier molecular flexibility index (Phi) is 6.15. The van der Waals surface area contributed by atoms with Crippen LogP contribution < -0.4 is 0 Å². The average molecular weight is 465 g/mol. The number of nitrogens with zero attached hydrogens (tertiary/aromatic N) is 4. The first-order chi connectivity index (χ1) is 16.1. The summed E-state index contributed by atoms with van der Waals surface area (Å²) in [5.74, 6) is -0.0396. The summed E-state index contributed by atoms with van der Waals surface area (Å²) in [6, 6.07) is 17.0. The number of carbonyl (C=O) groups excluding carboxylic acids is 2. The third kappa shape index (κ3) is 4.51. The molecule has 0 radical (unpaired) electrons. The quantitative estimate of drug-likeness (QED) is 0.579. The van der Waals surface area contributed by atoms with E-state index in [0.29, 0.717) is 63.1 Å². The van der Waals surface area contributed by atoms with Crippen molar-refractivity contribution in [1.29, 1.82) is 0 Å². The molecule has 2 aliphatic rings. The van der Waals surface area contributed by atoms with Crippen LogP contribution in [0.3, 0.4) is 0 Å². The van der Waals surface area contributed by atoms with E-state index in [2.05, 4.69) is 0 Å². The topological polar surface area (TPSA) is 66.0 Å². The van der Waals surface area contributed by atoms with Gasteiger partial charge in [-0.05, 0) is 24.3 Å². The van der Waals surface area contributed by atoms with Crippen molar-refractivity contribution in [1.82, 2.24) is 19.7 Å². The van der Waals surface area contributed by atoms with E-state index < -0.39 is 0 Å². The molecule has 5 rings (SSSR count). The number of amides is 3. The lowest BCUT2D eigenvalue weighted by atomic mass is 10.0. The lowest BCUT2D eigenvalue weighted by Gasteiger charge is -2.38. The third-order valence-corrected chi connectivity index (χ3v) is 6.46. The SMILES string of the molecule is O=C(c1cc(-c2ccc(Cl)cc2)nc2ccccc12)N1CCN(C(=O)N2CCOCC2)CC1. The van der Waals surface area contributed by atoms with Crippen molar-refractivity contribution in [3.63, 3.8) is 0 Å². The fourth-order valence-electron chi connectivity index (χ4n) is 4.35. The summed E-state index contributed by atoms with van der Waals surface area (Å²) in [6.45, 7) is 4.45. The molecule has 0 N–H and O–H groups in total. The lowest BCUT2D eigenvalue weighted by Crippen LogP contribution is -2.55. The summed E-state index contributed by atoms with van der Waals surface area (Å²) in [7, 11) is 0. The van der Waals surface area contributed by atoms with Gasteiger partial charge in [0, 0.05) is 55.2 Å². The molecule has 0 bridgehead atoms. The molecule has 3 aromatic rings. The number of halogens is 1. The van der Waals surface area contributed by atoms with E-state index in [9.17, 15) is 9.59 Å². The fourth-order valence-corrected chi connectivity index (χ4v) is 4.47. The number of para-hydroxylation sites is 1. The Morgan fingerprint density at radius 2 is 1.45 bits per heavy atom. The molecule has 2 aliphatic heterocycles. The summed E-state index contributed by atoms with van der Waals surface area (Å²) in [4.78, 5) is 36.6. The van der Waals surface area contributed by atoms with Crippen molar-refractivity contribution < 1.29 is 14.3 Å². The summed E-state index contributed by atoms with van der Waals surface area (Å²) in [5, 5.41) is 1.48. The van der Waals surface area contributed by atoms with Crippen molar-refractivity contribution in [2.24, 2.45) is 0 Å². The van der Waals surface area contributed by atoms with Crippen LogP contribution in [-0.2, 0) is 4.74 Å². The number of piperazine rings is 1. The maximum atomic E-state index is 13.6. The second-order valence-corrected chi connectivity index (χ2v) is 8.68. The number of aromatic nitrogens is 1. The smallest absolute Gasteiger partial charge is 0.320 e. The number of fused-ring (bicyclic) bond motifs is 1. The van der Waals surface area contributed by atoms with E-state index in [1.165, 1.54) is 0 Å². The van der Waals surface area contributed by atoms with Gasteiger partial charge in [-0.15, -0.1) is 0 Å². The van der Waals surface area contributed by atoms with Crippen molar-refractivity contribution >= 4 is 34.4 Å². The minimum absolute atomic E-state index is 0.0322. The van der Waals surface area contributed by atoms with E-state index in [-0.39, 0.29) is 11.9 Å². The van der Waals surface area contributed by atoms with Crippen LogP contribution in [0.25, 0.3) is 22.2 Å². The minimum atomic E-state index is -0.0396. The second kappa shape index (κ2) is 9.37. The Labute approximate surface area is 197 Å². The standard InChI is InChI=1S/C25H25ClN4O3/c26-19-7-5-18(6-8-19)23-17-21(20-3-1-2-4-22(20)27-23)24(31)28-9-11-29(12-10-28)25(32)30-13-15-33-16-14-30/h1-8,17H,9-16H2. The van der Waals surface area contributed by atoms with Crippen LogP contribution in [0.2, 0.25) is 5.02 Å². The first kappa shape index (κ1) is 21.7. The van der Waals surface area contributed by atoms with Gasteiger partial charge >= 0.3 is 6.03 Å². The average Bonchev–Trinajstić information content (AvgIpc) is 2.88. The number of benzene rings is 2. The predicted octanol–water partition coefficient (Wildman–Crippen LogP) is 3.77. The van der Waals surface area contributed by atoms with Crippen molar-refractivity contribution in [3.8, 4) is 11.3 Å². The number of morpholine rings is 1. The molecule has 1 aromatic heterocycles. The molecule has 0 spiro atoms. The zero-order chi connectivity index (χ0) is 22.8. The van der Waals surface area contributed by atoms with Gasteiger partial charge < -0.3 is 19.4 Å². The molecule has 8 heteroatoms. The fraction of sp³-hybridized carbons (Fsp3) is 0.320. The molecule has 7 nitrogen and oxygen atoms in total. The first-order valence-electron chi connectivity index (χ1n) is 11.2. The number of hydrogen-bond acceptors (Lipinski definition) is 4. The van der Waals surface area contributed by atoms with E-state index in [0.717, 1.165) is 22.2 Å². The van der Waals surface area contributed by atoms with Crippen LogP contribution in [0, 0.1) is 0 Å². The minimum Gasteiger partial charge on any atom is -0.378 e. The molecule has 2 fully saturated rings. The van der Waals surface area contributed by atoms with E-state index in [1.807, 2.05) is 69.3 Å². The summed E-state index contributed by atoms with van der Waals surface area (Å²) >= 11 is 6.04. The summed E-state index contributed by atoms with van der Waals surface area (Å²) < 4.78 is 5.34. The van der Waals surface area contributed by atoms with Gasteiger partial charge in [-0.25, -0.2) is 9.78 Å². The van der Waals surface area contributed by atoms with E-state index in [1.54, 1.807) is 0 Å². The molecule has 2 aromatic carbocycles. The maximum Gasteiger partial charge on any atom is 0.320 e. The maximum absolute atomic E-state index is 13.6. The van der Waals surface area contributed by atoms with Crippen LogP contribution in [0.15, 0.2) is 54.6 Å². The zero-order valence-electron chi connectivity index (χ0n) is 18.2. The van der Waals surface area contributed by atoms with Crippen LogP contribution in [0.5, 0.6) is 0 Å². The number of urea groups is 1. The van der Waals surface area contributed by atoms with Crippen LogP contribution >= 0.6 is 11.6 Å². The van der Waals surface area contributed by atoms with Gasteiger partial charge in [-0.3, -0.25) is 4.79 Å². The molecule has 0 aliphatic carbocycles. The Morgan fingerprint density at radius 3 is 2.18 bits per heavy atom. The molecule has 3 amide bonds. The Hall–Kier alpha value is -3.16. The third-order valence-electron chi connectivity index (χ3n) is 6.21. The number of hydrogen-bond donors (Lipinski definition) is 0. The molecular weight excluding hydrogens is 440 g/mol. The highest BCUT2D eigenvalue weighted by molar-refractivity contribution is 6.30. The van der Waals surface area contributed by atoms with Crippen LogP contribution in [0.4, 0.5) is 4.79 Å². The molecule has 170 valence electrons. The van der Waals surface area contributed by atoms with Gasteiger partial charge in [0.05, 0.1) is 30.0 Å². The Morgan fingerprint density at radius 1 is 0.818 bits per heavy atom. The van der Waals surface area contributed by atoms with Gasteiger partial charge in [0.2, 0.25) is 0 Å². The Bertz CT molecular complexity index is 1170. The lowest BCUT2D eigenvalue weighted by molar-refractivity contribution is 0.0363. The normalized spacial score (nSPS) is 16.8. The van der Waals surface area contributed by atoms with Gasteiger partial charge in [-0.1, -0.05) is 41.9 Å². The number of rotatable bonds is 2. The molecular formula is C25H25ClN4O3. The van der Waals surface area contributed by atoms with Crippen molar-refractivity contribution in [3.05, 3.63) is 65.2 Å². The molecule has 33 heavy (non-hydrogen) atoms. The molecule has 3 heterocycles. The van der Waals surface area contributed by atoms with Crippen LogP contribution in [0.1, 0.15) is 10.4 Å². The predicted molar refractivity (Wildman–Crippen MR) is 127 cm³/mol. The van der Waals surface area contributed by atoms with Crippen molar-refractivity contribution in [2.45, 2.75) is 0 Å². The first-order valence-corrected chi connectivity index (χ1v) is 11.5. The number of pyridine rings is 1. The van der Waals surface area contributed by atoms with E-state index >= 15 is 0 Å². The Balaban J connectivity index is 1.37. The molecule has 2 saturated heterocycles. The van der Waals surface area contributed by atoms with E-state index in [4.69, 9.17) is 21.3 Å². The highest BCUT2D eigenvalue weighted by atomic mass is 35.5. The molecule has 0 saturated carbocycles. The number of carbonyl (C=O) groups is 2. The summed E-state index contributed by atoms with van der Waals surface area (Å²) in [6.07, 6.45) is 0. The highest BCUT2D eigenvalue weighted by Crippen LogP contribution is 2.27. The van der Waals surface area contributed by atoms with Gasteiger partial charge in [-0.2, -0.15) is 0 Å². The van der Waals surface area contributed by atoms with Gasteiger partial charge in [0.25, 0.3) is 5.91 Å². The summed E-state index contributed by atoms with van der Waals surface area (Å²) in [5.41, 5.74) is 3.03. The van der Waals surface area contributed by atoms with Crippen molar-refractivity contribution in [2.75, 3.05) is 52.5 Å². The number of ether oxygens (including phenoxy) is 1. The molecule has 0 atom stereocenters. The van der Waals surface area contributed by atoms with Gasteiger partial charge in [0.1, 0.15) is 0 Å². The van der Waals surface area contributed by atoms with Gasteiger partial charge in [0.15, 0.2) is 0 Å². The monoisotopic (exact) mass is 464 g/mol. The second-order valence-electron chi connectivity index (χ2n) is 8.24. The largest absolute Gasteiger partial charge is 0.378 e. The zero-order valence-corrected chi connectivity index (χ0v) is 19.0. The van der Waals surface area contributed by atoms with Crippen LogP contribution in [-0.4, -0.2) is 84.1 Å². The molecule has 0 unspecified atom stereocenters. The highest BCUT2D eigenvalue weighted by Gasteiger charge is 2.29.